The van der Waals surface area contributed by atoms with Gasteiger partial charge in [-0.2, -0.15) is 5.10 Å². The Morgan fingerprint density at radius 1 is 1.16 bits per heavy atom. The zero-order valence-corrected chi connectivity index (χ0v) is 18.9. The third-order valence-corrected chi connectivity index (χ3v) is 4.91. The van der Waals surface area contributed by atoms with Gasteiger partial charge in [-0.25, -0.2) is 10.2 Å². The Morgan fingerprint density at radius 3 is 2.68 bits per heavy atom. The average Bonchev–Trinajstić information content (AvgIpc) is 3.23. The summed E-state index contributed by atoms with van der Waals surface area (Å²) in [6.07, 6.45) is 1.39. The maximum absolute atomic E-state index is 12.0. The van der Waals surface area contributed by atoms with Crippen LogP contribution in [0.4, 0.5) is 5.69 Å². The fourth-order valence-corrected chi connectivity index (χ4v) is 3.04. The number of hydrogen-bond donors (Lipinski definition) is 2. The molecule has 0 saturated carbocycles. The first-order valence-corrected chi connectivity index (χ1v) is 10.5. The number of rotatable bonds is 8. The van der Waals surface area contributed by atoms with Crippen LogP contribution in [0.15, 0.2) is 68.6 Å². The molecule has 0 aliphatic carbocycles. The monoisotopic (exact) mass is 503 g/mol. The van der Waals surface area contributed by atoms with Gasteiger partial charge in [-0.05, 0) is 61.5 Å². The van der Waals surface area contributed by atoms with Crippen molar-refractivity contribution in [1.82, 2.24) is 5.43 Å². The molecule has 1 aromatic heterocycles. The van der Waals surface area contributed by atoms with Crippen molar-refractivity contribution in [3.05, 3.63) is 75.4 Å². The summed E-state index contributed by atoms with van der Waals surface area (Å²) in [7, 11) is 0. The predicted octanol–water partition coefficient (Wildman–Crippen LogP) is 5.10. The van der Waals surface area contributed by atoms with Gasteiger partial charge in [-0.3, -0.25) is 4.79 Å². The number of anilines is 1. The number of carbonyl (C=O) groups excluding carboxylic acids is 2. The molecule has 0 unspecified atom stereocenters. The molecule has 0 bridgehead atoms. The fourth-order valence-electron chi connectivity index (χ4n) is 2.58. The van der Waals surface area contributed by atoms with Crippen molar-refractivity contribution in [3.8, 4) is 11.3 Å². The zero-order valence-electron chi connectivity index (χ0n) is 16.5. The van der Waals surface area contributed by atoms with E-state index >= 15 is 0 Å². The van der Waals surface area contributed by atoms with E-state index in [2.05, 4.69) is 31.8 Å². The predicted molar refractivity (Wildman–Crippen MR) is 123 cm³/mol. The van der Waals surface area contributed by atoms with Gasteiger partial charge in [0.05, 0.1) is 30.0 Å². The number of amides is 1. The molecule has 160 valence electrons. The summed E-state index contributed by atoms with van der Waals surface area (Å²) in [6, 6.07) is 15.9. The van der Waals surface area contributed by atoms with Crippen molar-refractivity contribution in [2.45, 2.75) is 6.92 Å². The quantitative estimate of drug-likeness (QED) is 0.253. The van der Waals surface area contributed by atoms with Crippen LogP contribution in [0.5, 0.6) is 0 Å². The SMILES string of the molecule is CCOC(=O)c1cc(-c2ccc(/C=N\NC(=O)CNc3ccc(Br)cc3)o2)ccc1Cl. The molecule has 2 N–H and O–H groups in total. The highest BCUT2D eigenvalue weighted by molar-refractivity contribution is 9.10. The first-order valence-electron chi connectivity index (χ1n) is 9.34. The lowest BCUT2D eigenvalue weighted by molar-refractivity contribution is -0.119. The van der Waals surface area contributed by atoms with Gasteiger partial charge in [0, 0.05) is 15.7 Å². The number of halogens is 2. The summed E-state index contributed by atoms with van der Waals surface area (Å²) in [6.45, 7) is 2.05. The number of benzene rings is 2. The van der Waals surface area contributed by atoms with Crippen LogP contribution in [0.2, 0.25) is 5.02 Å². The van der Waals surface area contributed by atoms with Crippen molar-refractivity contribution in [2.75, 3.05) is 18.5 Å². The maximum atomic E-state index is 12.0. The molecule has 0 aliphatic heterocycles. The largest absolute Gasteiger partial charge is 0.462 e. The van der Waals surface area contributed by atoms with Gasteiger partial charge >= 0.3 is 5.97 Å². The Hall–Kier alpha value is -3.10. The van der Waals surface area contributed by atoms with Gasteiger partial charge in [0.25, 0.3) is 5.91 Å². The van der Waals surface area contributed by atoms with Gasteiger partial charge in [0.1, 0.15) is 11.5 Å². The van der Waals surface area contributed by atoms with Crippen LogP contribution in [0, 0.1) is 0 Å². The molecule has 0 radical (unpaired) electrons. The number of hydrogen-bond acceptors (Lipinski definition) is 6. The molecular formula is C22H19BrClN3O4. The normalized spacial score (nSPS) is 10.8. The molecule has 1 amide bonds. The second-order valence-corrected chi connectivity index (χ2v) is 7.59. The Kier molecular flexibility index (Phi) is 7.86. The second kappa shape index (κ2) is 10.8. The Bertz CT molecular complexity index is 1100. The average molecular weight is 505 g/mol. The second-order valence-electron chi connectivity index (χ2n) is 6.27. The minimum Gasteiger partial charge on any atom is -0.462 e. The Balaban J connectivity index is 1.57. The van der Waals surface area contributed by atoms with Crippen LogP contribution in [0.1, 0.15) is 23.0 Å². The van der Waals surface area contributed by atoms with E-state index in [1.807, 2.05) is 24.3 Å². The number of nitrogens with zero attached hydrogens (tertiary/aromatic N) is 1. The van der Waals surface area contributed by atoms with E-state index in [1.54, 1.807) is 37.3 Å². The molecule has 7 nitrogen and oxygen atoms in total. The highest BCUT2D eigenvalue weighted by Gasteiger charge is 2.14. The van der Waals surface area contributed by atoms with Crippen LogP contribution in [0.25, 0.3) is 11.3 Å². The van der Waals surface area contributed by atoms with Gasteiger partial charge in [-0.15, -0.1) is 0 Å². The summed E-state index contributed by atoms with van der Waals surface area (Å²) in [5.74, 6) is 0.153. The van der Waals surface area contributed by atoms with Crippen LogP contribution < -0.4 is 10.7 Å². The number of hydrazone groups is 1. The summed E-state index contributed by atoms with van der Waals surface area (Å²) in [5, 5.41) is 7.19. The number of esters is 1. The highest BCUT2D eigenvalue weighted by atomic mass is 79.9. The van der Waals surface area contributed by atoms with Crippen molar-refractivity contribution in [3.63, 3.8) is 0 Å². The van der Waals surface area contributed by atoms with Gasteiger partial charge in [0.15, 0.2) is 0 Å². The topological polar surface area (TPSA) is 92.9 Å². The molecule has 3 aromatic rings. The van der Waals surface area contributed by atoms with Crippen molar-refractivity contribution >= 4 is 51.3 Å². The molecule has 3 rings (SSSR count). The summed E-state index contributed by atoms with van der Waals surface area (Å²) < 4.78 is 11.7. The van der Waals surface area contributed by atoms with E-state index in [-0.39, 0.29) is 24.6 Å². The lowest BCUT2D eigenvalue weighted by atomic mass is 10.1. The molecule has 0 atom stereocenters. The van der Waals surface area contributed by atoms with E-state index in [0.717, 1.165) is 10.2 Å². The highest BCUT2D eigenvalue weighted by Crippen LogP contribution is 2.27. The molecule has 0 aliphatic rings. The lowest BCUT2D eigenvalue weighted by Gasteiger charge is -2.06. The van der Waals surface area contributed by atoms with Crippen LogP contribution >= 0.6 is 27.5 Å². The van der Waals surface area contributed by atoms with E-state index in [0.29, 0.717) is 22.1 Å². The van der Waals surface area contributed by atoms with E-state index in [9.17, 15) is 9.59 Å². The van der Waals surface area contributed by atoms with E-state index in [1.165, 1.54) is 6.21 Å². The van der Waals surface area contributed by atoms with Crippen LogP contribution in [-0.4, -0.2) is 31.2 Å². The van der Waals surface area contributed by atoms with E-state index < -0.39 is 5.97 Å². The van der Waals surface area contributed by atoms with Gasteiger partial charge < -0.3 is 14.5 Å². The van der Waals surface area contributed by atoms with E-state index in [4.69, 9.17) is 20.8 Å². The summed E-state index contributed by atoms with van der Waals surface area (Å²) in [5.41, 5.74) is 4.17. The number of ether oxygens (including phenoxy) is 1. The Morgan fingerprint density at radius 2 is 1.94 bits per heavy atom. The molecular weight excluding hydrogens is 486 g/mol. The molecule has 9 heteroatoms. The summed E-state index contributed by atoms with van der Waals surface area (Å²) in [4.78, 5) is 23.9. The summed E-state index contributed by atoms with van der Waals surface area (Å²) >= 11 is 9.45. The number of furan rings is 1. The number of carbonyl (C=O) groups is 2. The molecule has 2 aromatic carbocycles. The first kappa shape index (κ1) is 22.6. The van der Waals surface area contributed by atoms with Crippen LogP contribution in [-0.2, 0) is 9.53 Å². The minimum absolute atomic E-state index is 0.0732. The third kappa shape index (κ3) is 6.44. The van der Waals surface area contributed by atoms with Crippen molar-refractivity contribution in [2.24, 2.45) is 5.10 Å². The van der Waals surface area contributed by atoms with Gasteiger partial charge in [-0.1, -0.05) is 27.5 Å². The van der Waals surface area contributed by atoms with Crippen molar-refractivity contribution < 1.29 is 18.7 Å². The Labute approximate surface area is 192 Å². The maximum Gasteiger partial charge on any atom is 0.339 e. The molecule has 1 heterocycles. The lowest BCUT2D eigenvalue weighted by Crippen LogP contribution is -2.25. The fraction of sp³-hybridized carbons (Fsp3) is 0.136. The molecule has 0 spiro atoms. The molecule has 0 fully saturated rings. The van der Waals surface area contributed by atoms with Crippen molar-refractivity contribution in [1.29, 1.82) is 0 Å². The van der Waals surface area contributed by atoms with Crippen LogP contribution in [0.3, 0.4) is 0 Å². The number of nitrogens with one attached hydrogen (secondary N) is 2. The minimum atomic E-state index is -0.498. The molecule has 0 saturated heterocycles. The zero-order chi connectivity index (χ0) is 22.2. The molecule has 31 heavy (non-hydrogen) atoms. The smallest absolute Gasteiger partial charge is 0.339 e. The first-order chi connectivity index (χ1) is 15.0. The standard InChI is InChI=1S/C22H19BrClN3O4/c1-2-30-22(29)18-11-14(3-9-19(18)24)20-10-8-17(31-20)12-26-27-21(28)13-25-16-6-4-15(23)5-7-16/h3-12,25H,2,13H2,1H3,(H,27,28)/b26-12-. The van der Waals surface area contributed by atoms with Gasteiger partial charge in [0.2, 0.25) is 0 Å². The third-order valence-electron chi connectivity index (χ3n) is 4.05.